The summed E-state index contributed by atoms with van der Waals surface area (Å²) < 4.78 is 10.9. The van der Waals surface area contributed by atoms with E-state index in [2.05, 4.69) is 26.2 Å². The minimum Gasteiger partial charge on any atom is -0.486 e. The number of carbonyl (C=O) groups excluding carboxylic acids is 2. The van der Waals surface area contributed by atoms with Crippen molar-refractivity contribution in [3.8, 4) is 11.5 Å². The lowest BCUT2D eigenvalue weighted by molar-refractivity contribution is -0.123. The lowest BCUT2D eigenvalue weighted by atomic mass is 10.2. The van der Waals surface area contributed by atoms with Crippen molar-refractivity contribution in [2.75, 3.05) is 18.5 Å². The largest absolute Gasteiger partial charge is 0.486 e. The van der Waals surface area contributed by atoms with Crippen molar-refractivity contribution >= 4 is 41.3 Å². The zero-order valence-corrected chi connectivity index (χ0v) is 16.5. The number of rotatable bonds is 5. The molecule has 2 amide bonds. The molecular formula is C20H18ClN5O4. The molecule has 30 heavy (non-hydrogen) atoms. The molecule has 0 spiro atoms. The number of aliphatic imine (C=N–C) groups is 1. The van der Waals surface area contributed by atoms with Gasteiger partial charge in [0.25, 0.3) is 5.91 Å². The normalized spacial score (nSPS) is 17.4. The molecule has 10 heteroatoms. The van der Waals surface area contributed by atoms with Crippen molar-refractivity contribution in [2.45, 2.75) is 12.5 Å². The fourth-order valence-electron chi connectivity index (χ4n) is 2.89. The molecule has 2 aromatic carbocycles. The second kappa shape index (κ2) is 8.83. The monoisotopic (exact) mass is 427 g/mol. The lowest BCUT2D eigenvalue weighted by Gasteiger charge is -2.19. The first kappa shape index (κ1) is 19.7. The number of hydrazone groups is 1. The van der Waals surface area contributed by atoms with Gasteiger partial charge in [0.2, 0.25) is 11.9 Å². The molecule has 154 valence electrons. The quantitative estimate of drug-likeness (QED) is 0.498. The number of ether oxygens (including phenoxy) is 2. The van der Waals surface area contributed by atoms with Gasteiger partial charge in [0.05, 0.1) is 12.6 Å². The predicted octanol–water partition coefficient (Wildman–Crippen LogP) is 1.92. The van der Waals surface area contributed by atoms with Gasteiger partial charge in [-0.3, -0.25) is 14.9 Å². The number of nitrogens with one attached hydrogen (secondary N) is 3. The number of hydrogen-bond acceptors (Lipinski definition) is 7. The number of halogens is 1. The number of benzene rings is 2. The van der Waals surface area contributed by atoms with Crippen LogP contribution in [0, 0.1) is 0 Å². The average molecular weight is 428 g/mol. The van der Waals surface area contributed by atoms with Crippen LogP contribution in [-0.4, -0.2) is 43.2 Å². The molecule has 0 fully saturated rings. The molecule has 2 aliphatic heterocycles. The van der Waals surface area contributed by atoms with E-state index in [1.807, 2.05) is 12.1 Å². The minimum absolute atomic E-state index is 0.111. The number of anilines is 1. The van der Waals surface area contributed by atoms with E-state index >= 15 is 0 Å². The summed E-state index contributed by atoms with van der Waals surface area (Å²) in [6.07, 6.45) is 1.40. The summed E-state index contributed by atoms with van der Waals surface area (Å²) in [5, 5.41) is 9.85. The number of guanidine groups is 1. The maximum atomic E-state index is 12.3. The van der Waals surface area contributed by atoms with Crippen LogP contribution in [0.4, 0.5) is 5.69 Å². The zero-order valence-electron chi connectivity index (χ0n) is 15.7. The Labute approximate surface area is 177 Å². The summed E-state index contributed by atoms with van der Waals surface area (Å²) in [7, 11) is 0. The Kier molecular flexibility index (Phi) is 5.80. The van der Waals surface area contributed by atoms with Crippen LogP contribution >= 0.6 is 11.6 Å². The maximum absolute atomic E-state index is 12.3. The third-order valence-corrected chi connectivity index (χ3v) is 4.66. The first-order valence-electron chi connectivity index (χ1n) is 9.20. The Morgan fingerprint density at radius 1 is 1.23 bits per heavy atom. The van der Waals surface area contributed by atoms with E-state index in [1.54, 1.807) is 30.3 Å². The van der Waals surface area contributed by atoms with Crippen molar-refractivity contribution in [3.63, 3.8) is 0 Å². The van der Waals surface area contributed by atoms with Crippen molar-refractivity contribution in [1.82, 2.24) is 10.7 Å². The number of amides is 2. The molecule has 4 rings (SSSR count). The van der Waals surface area contributed by atoms with Crippen molar-refractivity contribution in [3.05, 3.63) is 53.1 Å². The van der Waals surface area contributed by atoms with Crippen LogP contribution in [0.1, 0.15) is 12.0 Å². The van der Waals surface area contributed by atoms with E-state index in [-0.39, 0.29) is 24.2 Å². The summed E-state index contributed by atoms with van der Waals surface area (Å²) in [6.45, 7) is 0.947. The molecule has 0 aromatic heterocycles. The molecular weight excluding hydrogens is 410 g/mol. The van der Waals surface area contributed by atoms with E-state index < -0.39 is 6.04 Å². The summed E-state index contributed by atoms with van der Waals surface area (Å²) in [5.74, 6) is 0.630. The highest BCUT2D eigenvalue weighted by atomic mass is 35.5. The molecule has 0 saturated carbocycles. The van der Waals surface area contributed by atoms with Crippen molar-refractivity contribution in [1.29, 1.82) is 0 Å². The highest BCUT2D eigenvalue weighted by molar-refractivity contribution is 6.33. The fourth-order valence-corrected chi connectivity index (χ4v) is 3.08. The number of fused-ring (bicyclic) bond motifs is 1. The van der Waals surface area contributed by atoms with Gasteiger partial charge in [-0.25, -0.2) is 10.4 Å². The molecule has 1 unspecified atom stereocenters. The first-order valence-corrected chi connectivity index (χ1v) is 9.58. The number of carbonyl (C=O) groups is 2. The van der Waals surface area contributed by atoms with Crippen LogP contribution in [0.5, 0.6) is 11.5 Å². The Bertz CT molecular complexity index is 1040. The van der Waals surface area contributed by atoms with Gasteiger partial charge in [-0.05, 0) is 18.2 Å². The van der Waals surface area contributed by atoms with E-state index in [9.17, 15) is 9.59 Å². The van der Waals surface area contributed by atoms with Crippen molar-refractivity contribution in [2.24, 2.45) is 10.1 Å². The van der Waals surface area contributed by atoms with E-state index in [0.29, 0.717) is 41.0 Å². The molecule has 1 atom stereocenters. The van der Waals surface area contributed by atoms with Crippen molar-refractivity contribution < 1.29 is 19.1 Å². The van der Waals surface area contributed by atoms with Gasteiger partial charge < -0.3 is 14.8 Å². The second-order valence-corrected chi connectivity index (χ2v) is 6.89. The first-order chi connectivity index (χ1) is 14.6. The minimum atomic E-state index is -0.847. The Balaban J connectivity index is 1.33. The van der Waals surface area contributed by atoms with Gasteiger partial charge in [-0.2, -0.15) is 5.10 Å². The molecule has 0 bridgehead atoms. The summed E-state index contributed by atoms with van der Waals surface area (Å²) in [6, 6.07) is 11.5. The molecule has 2 aromatic rings. The smallest absolute Gasteiger partial charge is 0.252 e. The predicted molar refractivity (Wildman–Crippen MR) is 112 cm³/mol. The summed E-state index contributed by atoms with van der Waals surface area (Å²) in [4.78, 5) is 28.6. The van der Waals surface area contributed by atoms with E-state index in [4.69, 9.17) is 21.1 Å². The summed E-state index contributed by atoms with van der Waals surface area (Å²) in [5.41, 5.74) is 3.91. The topological polar surface area (TPSA) is 113 Å². The maximum Gasteiger partial charge on any atom is 0.252 e. The third-order valence-electron chi connectivity index (χ3n) is 4.31. The van der Waals surface area contributed by atoms with Crippen LogP contribution in [0.3, 0.4) is 0 Å². The Hall–Kier alpha value is -3.59. The Morgan fingerprint density at radius 2 is 2.03 bits per heavy atom. The van der Waals surface area contributed by atoms with Crippen LogP contribution in [0.2, 0.25) is 5.02 Å². The molecule has 3 N–H and O–H groups in total. The molecule has 0 aliphatic carbocycles. The summed E-state index contributed by atoms with van der Waals surface area (Å²) >= 11 is 6.05. The molecule has 2 aliphatic rings. The SMILES string of the molecule is O=C(CC1N=C(N/N=C/c2ccccc2Cl)NC1=O)Nc1ccc2c(c1)OCCO2. The third kappa shape index (κ3) is 4.69. The lowest BCUT2D eigenvalue weighted by Crippen LogP contribution is -2.35. The highest BCUT2D eigenvalue weighted by Crippen LogP contribution is 2.32. The second-order valence-electron chi connectivity index (χ2n) is 6.49. The number of hydrogen-bond donors (Lipinski definition) is 3. The van der Waals surface area contributed by atoms with Gasteiger partial charge in [-0.15, -0.1) is 0 Å². The van der Waals surface area contributed by atoms with Gasteiger partial charge >= 0.3 is 0 Å². The van der Waals surface area contributed by atoms with Crippen LogP contribution in [0.25, 0.3) is 0 Å². The standard InChI is InChI=1S/C20H18ClN5O4/c21-14-4-2-1-3-12(14)11-22-26-20-24-15(19(28)25-20)10-18(27)23-13-5-6-16-17(9-13)30-8-7-29-16/h1-6,9,11,15H,7-8,10H2,(H,23,27)(H2,24,25,26,28)/b22-11+. The van der Waals surface area contributed by atoms with Crippen LogP contribution in [0.15, 0.2) is 52.6 Å². The van der Waals surface area contributed by atoms with E-state index in [0.717, 1.165) is 0 Å². The van der Waals surface area contributed by atoms with Gasteiger partial charge in [0.1, 0.15) is 19.3 Å². The van der Waals surface area contributed by atoms with Gasteiger partial charge in [0.15, 0.2) is 11.5 Å². The number of nitrogens with zero attached hydrogens (tertiary/aromatic N) is 2. The highest BCUT2D eigenvalue weighted by Gasteiger charge is 2.28. The zero-order chi connectivity index (χ0) is 20.9. The molecule has 9 nitrogen and oxygen atoms in total. The average Bonchev–Trinajstić information content (AvgIpc) is 3.08. The molecule has 0 radical (unpaired) electrons. The van der Waals surface area contributed by atoms with Gasteiger partial charge in [-0.1, -0.05) is 29.8 Å². The van der Waals surface area contributed by atoms with Crippen LogP contribution in [-0.2, 0) is 9.59 Å². The molecule has 2 heterocycles. The van der Waals surface area contributed by atoms with Crippen LogP contribution < -0.4 is 25.5 Å². The fraction of sp³-hybridized carbons (Fsp3) is 0.200. The molecule has 0 saturated heterocycles. The Morgan fingerprint density at radius 3 is 2.87 bits per heavy atom. The van der Waals surface area contributed by atoms with E-state index in [1.165, 1.54) is 6.21 Å². The van der Waals surface area contributed by atoms with Gasteiger partial charge in [0, 0.05) is 22.3 Å².